The number of hydrogen-bond donors (Lipinski definition) is 2. The highest BCUT2D eigenvalue weighted by Gasteiger charge is 2.17. The number of aromatic nitrogens is 1. The molecule has 0 unspecified atom stereocenters. The lowest BCUT2D eigenvalue weighted by molar-refractivity contribution is 0.103. The first kappa shape index (κ1) is 13.8. The molecule has 3 aromatic rings. The van der Waals surface area contributed by atoms with Gasteiger partial charge in [0.1, 0.15) is 16.2 Å². The number of nitrogens with one attached hydrogen (secondary N) is 1. The first-order valence-corrected chi connectivity index (χ1v) is 7.15. The van der Waals surface area contributed by atoms with Gasteiger partial charge in [-0.3, -0.25) is 9.78 Å². The van der Waals surface area contributed by atoms with Gasteiger partial charge in [0.05, 0.1) is 15.4 Å². The van der Waals surface area contributed by atoms with Crippen molar-refractivity contribution in [2.24, 2.45) is 0 Å². The number of pyridine rings is 1. The first-order chi connectivity index (χ1) is 10.1. The number of fused-ring (bicyclic) bond motifs is 1. The summed E-state index contributed by atoms with van der Waals surface area (Å²) in [6.07, 6.45) is 1.62. The second-order valence-electron chi connectivity index (χ2n) is 4.28. The number of carbonyl (C=O) groups is 1. The highest BCUT2D eigenvalue weighted by molar-refractivity contribution is 7.21. The van der Waals surface area contributed by atoms with Crippen molar-refractivity contribution in [3.05, 3.63) is 52.2 Å². The molecule has 3 rings (SSSR count). The number of nitrogens with two attached hydrogens (primary N) is 1. The summed E-state index contributed by atoms with van der Waals surface area (Å²) in [6.45, 7) is 0. The van der Waals surface area contributed by atoms with E-state index in [1.54, 1.807) is 12.3 Å². The molecule has 0 spiro atoms. The zero-order valence-corrected chi connectivity index (χ0v) is 12.1. The Morgan fingerprint density at radius 3 is 2.90 bits per heavy atom. The molecule has 0 radical (unpaired) electrons. The number of anilines is 2. The van der Waals surface area contributed by atoms with Crippen molar-refractivity contribution in [1.29, 1.82) is 0 Å². The minimum atomic E-state index is -0.541. The number of halogens is 2. The van der Waals surface area contributed by atoms with Crippen LogP contribution in [0.15, 0.2) is 36.5 Å². The number of benzene rings is 1. The zero-order valence-electron chi connectivity index (χ0n) is 10.6. The number of nitrogens with zero attached hydrogens (tertiary/aromatic N) is 1. The highest BCUT2D eigenvalue weighted by Crippen LogP contribution is 2.32. The van der Waals surface area contributed by atoms with E-state index < -0.39 is 5.82 Å². The van der Waals surface area contributed by atoms with Crippen molar-refractivity contribution in [3.63, 3.8) is 0 Å². The van der Waals surface area contributed by atoms with Gasteiger partial charge in [-0.1, -0.05) is 11.6 Å². The molecule has 1 amide bonds. The third-order valence-electron chi connectivity index (χ3n) is 2.87. The molecule has 2 aromatic heterocycles. The lowest BCUT2D eigenvalue weighted by Gasteiger charge is -2.05. The van der Waals surface area contributed by atoms with Gasteiger partial charge in [0.25, 0.3) is 5.91 Å². The van der Waals surface area contributed by atoms with Crippen molar-refractivity contribution >= 4 is 50.4 Å². The van der Waals surface area contributed by atoms with Gasteiger partial charge in [0.15, 0.2) is 0 Å². The number of rotatable bonds is 2. The molecule has 0 saturated heterocycles. The van der Waals surface area contributed by atoms with E-state index in [4.69, 9.17) is 17.3 Å². The van der Waals surface area contributed by atoms with Gasteiger partial charge < -0.3 is 11.1 Å². The van der Waals surface area contributed by atoms with Crippen LogP contribution in [0.4, 0.5) is 15.8 Å². The molecule has 3 N–H and O–H groups in total. The minimum absolute atomic E-state index is 0.0567. The SMILES string of the molecule is Nc1c(C(=O)Nc2ccc(F)c(Cl)c2)sc2cccnc12. The molecule has 4 nitrogen and oxygen atoms in total. The van der Waals surface area contributed by atoms with E-state index in [-0.39, 0.29) is 10.9 Å². The van der Waals surface area contributed by atoms with Crippen LogP contribution in [-0.4, -0.2) is 10.9 Å². The summed E-state index contributed by atoms with van der Waals surface area (Å²) in [6, 6.07) is 7.58. The lowest BCUT2D eigenvalue weighted by Crippen LogP contribution is -2.12. The Morgan fingerprint density at radius 1 is 1.38 bits per heavy atom. The number of thiophene rings is 1. The second-order valence-corrected chi connectivity index (χ2v) is 5.74. The summed E-state index contributed by atoms with van der Waals surface area (Å²) >= 11 is 6.93. The van der Waals surface area contributed by atoms with Gasteiger partial charge in [-0.25, -0.2) is 4.39 Å². The fraction of sp³-hybridized carbons (Fsp3) is 0. The third-order valence-corrected chi connectivity index (χ3v) is 4.31. The maximum Gasteiger partial charge on any atom is 0.267 e. The fourth-order valence-corrected chi connectivity index (χ4v) is 3.03. The van der Waals surface area contributed by atoms with E-state index in [0.717, 1.165) is 4.70 Å². The van der Waals surface area contributed by atoms with Crippen molar-refractivity contribution in [2.75, 3.05) is 11.1 Å². The summed E-state index contributed by atoms with van der Waals surface area (Å²) in [5.41, 5.74) is 7.28. The average Bonchev–Trinajstić information content (AvgIpc) is 2.81. The number of hydrogen-bond acceptors (Lipinski definition) is 4. The molecule has 7 heteroatoms. The molecule has 2 heterocycles. The topological polar surface area (TPSA) is 68.0 Å². The van der Waals surface area contributed by atoms with Gasteiger partial charge in [-0.15, -0.1) is 11.3 Å². The Hall–Kier alpha value is -2.18. The smallest absolute Gasteiger partial charge is 0.267 e. The summed E-state index contributed by atoms with van der Waals surface area (Å²) in [5, 5.41) is 2.58. The average molecular weight is 322 g/mol. The quantitative estimate of drug-likeness (QED) is 0.751. The molecule has 0 atom stereocenters. The van der Waals surface area contributed by atoms with Gasteiger partial charge in [0, 0.05) is 11.9 Å². The van der Waals surface area contributed by atoms with Crippen molar-refractivity contribution < 1.29 is 9.18 Å². The maximum atomic E-state index is 13.1. The van der Waals surface area contributed by atoms with Crippen LogP contribution in [0.2, 0.25) is 5.02 Å². The number of amides is 1. The standard InChI is InChI=1S/C14H9ClFN3OS/c15-8-6-7(3-4-9(8)16)19-14(20)13-11(17)12-10(21-13)2-1-5-18-12/h1-6H,17H2,(H,19,20). The number of carbonyl (C=O) groups excluding carboxylic acids is 1. The molecule has 106 valence electrons. The molecule has 0 aliphatic carbocycles. The summed E-state index contributed by atoms with van der Waals surface area (Å²) in [4.78, 5) is 16.8. The molecule has 0 saturated carbocycles. The van der Waals surface area contributed by atoms with E-state index in [1.165, 1.54) is 29.5 Å². The zero-order chi connectivity index (χ0) is 15.0. The third kappa shape index (κ3) is 2.55. The van der Waals surface area contributed by atoms with Gasteiger partial charge in [-0.2, -0.15) is 0 Å². The molecule has 0 aliphatic rings. The molecule has 1 aromatic carbocycles. The Morgan fingerprint density at radius 2 is 2.19 bits per heavy atom. The van der Waals surface area contributed by atoms with Crippen molar-refractivity contribution in [1.82, 2.24) is 4.98 Å². The second kappa shape index (κ2) is 5.31. The highest BCUT2D eigenvalue weighted by atomic mass is 35.5. The Bertz CT molecular complexity index is 849. The Balaban J connectivity index is 1.93. The first-order valence-electron chi connectivity index (χ1n) is 5.95. The van der Waals surface area contributed by atoms with Crippen LogP contribution in [0.1, 0.15) is 9.67 Å². The molecule has 0 aliphatic heterocycles. The van der Waals surface area contributed by atoms with Crippen LogP contribution in [0, 0.1) is 5.82 Å². The molecule has 21 heavy (non-hydrogen) atoms. The van der Waals surface area contributed by atoms with Crippen molar-refractivity contribution in [3.8, 4) is 0 Å². The van der Waals surface area contributed by atoms with Gasteiger partial charge in [-0.05, 0) is 30.3 Å². The monoisotopic (exact) mass is 321 g/mol. The molecule has 0 bridgehead atoms. The van der Waals surface area contributed by atoms with E-state index in [9.17, 15) is 9.18 Å². The van der Waals surface area contributed by atoms with Crippen LogP contribution in [0.3, 0.4) is 0 Å². The van der Waals surface area contributed by atoms with Crippen LogP contribution < -0.4 is 11.1 Å². The van der Waals surface area contributed by atoms with Crippen molar-refractivity contribution in [2.45, 2.75) is 0 Å². The molecule has 0 fully saturated rings. The Labute approximate surface area is 128 Å². The van der Waals surface area contributed by atoms with Gasteiger partial charge >= 0.3 is 0 Å². The van der Waals surface area contributed by atoms with Crippen LogP contribution in [0.25, 0.3) is 10.2 Å². The predicted octanol–water partition coefficient (Wildman–Crippen LogP) is 3.92. The summed E-state index contributed by atoms with van der Waals surface area (Å²) < 4.78 is 13.9. The normalized spacial score (nSPS) is 10.8. The van der Waals surface area contributed by atoms with Crippen LogP contribution in [0.5, 0.6) is 0 Å². The number of nitrogen functional groups attached to an aromatic ring is 1. The molecular formula is C14H9ClFN3OS. The fourth-order valence-electron chi connectivity index (χ4n) is 1.88. The van der Waals surface area contributed by atoms with Gasteiger partial charge in [0.2, 0.25) is 0 Å². The molecular weight excluding hydrogens is 313 g/mol. The Kier molecular flexibility index (Phi) is 3.48. The predicted molar refractivity (Wildman–Crippen MR) is 83.4 cm³/mol. The van der Waals surface area contributed by atoms with E-state index in [1.807, 2.05) is 6.07 Å². The summed E-state index contributed by atoms with van der Waals surface area (Å²) in [5.74, 6) is -0.918. The minimum Gasteiger partial charge on any atom is -0.396 e. The van der Waals surface area contributed by atoms with E-state index in [2.05, 4.69) is 10.3 Å². The van der Waals surface area contributed by atoms with E-state index >= 15 is 0 Å². The van der Waals surface area contributed by atoms with E-state index in [0.29, 0.717) is 21.8 Å². The van der Waals surface area contributed by atoms with Crippen LogP contribution >= 0.6 is 22.9 Å². The lowest BCUT2D eigenvalue weighted by atomic mass is 10.3. The maximum absolute atomic E-state index is 13.1. The summed E-state index contributed by atoms with van der Waals surface area (Å²) in [7, 11) is 0. The van der Waals surface area contributed by atoms with Crippen LogP contribution in [-0.2, 0) is 0 Å². The largest absolute Gasteiger partial charge is 0.396 e.